The van der Waals surface area contributed by atoms with Crippen LogP contribution in [0.3, 0.4) is 0 Å². The Morgan fingerprint density at radius 3 is 2.41 bits per heavy atom. The summed E-state index contributed by atoms with van der Waals surface area (Å²) in [5, 5.41) is 0. The molecule has 1 saturated heterocycles. The van der Waals surface area contributed by atoms with Gasteiger partial charge in [0.15, 0.2) is 0 Å². The fourth-order valence-electron chi connectivity index (χ4n) is 2.61. The van der Waals surface area contributed by atoms with Crippen LogP contribution in [0.25, 0.3) is 0 Å². The topological polar surface area (TPSA) is 6.48 Å². The van der Waals surface area contributed by atoms with E-state index in [0.29, 0.717) is 0 Å². The average molecular weight is 232 g/mol. The lowest BCUT2D eigenvalue weighted by molar-refractivity contribution is 0.258. The fraction of sp³-hybridized carbons (Fsp3) is 0.600. The molecule has 0 bridgehead atoms. The van der Waals surface area contributed by atoms with Crippen LogP contribution < -0.4 is 4.90 Å². The van der Waals surface area contributed by atoms with Crippen molar-refractivity contribution in [3.63, 3.8) is 0 Å². The van der Waals surface area contributed by atoms with Gasteiger partial charge in [0.25, 0.3) is 0 Å². The fourth-order valence-corrected chi connectivity index (χ4v) is 2.61. The van der Waals surface area contributed by atoms with E-state index in [-0.39, 0.29) is 0 Å². The molecule has 1 aromatic rings. The maximum atomic E-state index is 2.57. The van der Waals surface area contributed by atoms with E-state index in [4.69, 9.17) is 0 Å². The molecule has 0 spiro atoms. The van der Waals surface area contributed by atoms with Crippen LogP contribution in [0.2, 0.25) is 0 Å². The number of hydrogen-bond donors (Lipinski definition) is 0. The molecule has 0 atom stereocenters. The van der Waals surface area contributed by atoms with Gasteiger partial charge >= 0.3 is 0 Å². The van der Waals surface area contributed by atoms with Gasteiger partial charge in [-0.1, -0.05) is 19.1 Å². The number of nitrogens with zero attached hydrogens (tertiary/aromatic N) is 2. The molecular weight excluding hydrogens is 208 g/mol. The molecule has 0 N–H and O–H groups in total. The number of anilines is 1. The Kier molecular flexibility index (Phi) is 4.06. The van der Waals surface area contributed by atoms with Crippen molar-refractivity contribution in [3.05, 3.63) is 29.3 Å². The second kappa shape index (κ2) is 5.54. The molecule has 0 aromatic heterocycles. The number of piperazine rings is 1. The molecule has 0 amide bonds. The largest absolute Gasteiger partial charge is 0.369 e. The van der Waals surface area contributed by atoms with Crippen LogP contribution in [-0.4, -0.2) is 37.6 Å². The Labute approximate surface area is 105 Å². The molecule has 1 aliphatic rings. The Hall–Kier alpha value is -1.02. The summed E-state index contributed by atoms with van der Waals surface area (Å²) in [7, 11) is 0. The maximum Gasteiger partial charge on any atom is 0.0399 e. The number of benzene rings is 1. The molecule has 0 radical (unpaired) electrons. The first-order valence-electron chi connectivity index (χ1n) is 6.76. The van der Waals surface area contributed by atoms with Crippen LogP contribution in [-0.2, 0) is 0 Å². The third kappa shape index (κ3) is 2.81. The second-order valence-corrected chi connectivity index (χ2v) is 5.05. The van der Waals surface area contributed by atoms with Crippen molar-refractivity contribution in [2.75, 3.05) is 37.6 Å². The van der Waals surface area contributed by atoms with E-state index in [2.05, 4.69) is 48.8 Å². The SMILES string of the molecule is CCCN1CCN(c2cccc(C)c2C)CC1. The molecule has 17 heavy (non-hydrogen) atoms. The summed E-state index contributed by atoms with van der Waals surface area (Å²) in [6.45, 7) is 12.7. The van der Waals surface area contributed by atoms with Crippen molar-refractivity contribution in [1.29, 1.82) is 0 Å². The average Bonchev–Trinajstić information content (AvgIpc) is 2.34. The molecule has 2 rings (SSSR count). The molecule has 94 valence electrons. The summed E-state index contributed by atoms with van der Waals surface area (Å²) in [6, 6.07) is 6.64. The van der Waals surface area contributed by atoms with Crippen molar-refractivity contribution in [1.82, 2.24) is 4.90 Å². The lowest BCUT2D eigenvalue weighted by Gasteiger charge is -2.36. The van der Waals surface area contributed by atoms with E-state index in [0.717, 1.165) is 0 Å². The minimum absolute atomic E-state index is 1.17. The summed E-state index contributed by atoms with van der Waals surface area (Å²) >= 11 is 0. The van der Waals surface area contributed by atoms with Crippen molar-refractivity contribution in [2.45, 2.75) is 27.2 Å². The van der Waals surface area contributed by atoms with E-state index >= 15 is 0 Å². The van der Waals surface area contributed by atoms with Gasteiger partial charge in [0.2, 0.25) is 0 Å². The maximum absolute atomic E-state index is 2.57. The van der Waals surface area contributed by atoms with E-state index in [1.165, 1.54) is 56.0 Å². The molecule has 1 fully saturated rings. The van der Waals surface area contributed by atoms with Crippen LogP contribution in [0, 0.1) is 13.8 Å². The first-order chi connectivity index (χ1) is 8.22. The van der Waals surface area contributed by atoms with Gasteiger partial charge < -0.3 is 4.90 Å². The predicted octanol–water partition coefficient (Wildman–Crippen LogP) is 2.84. The molecule has 1 heterocycles. The number of aryl methyl sites for hydroxylation is 1. The highest BCUT2D eigenvalue weighted by Crippen LogP contribution is 2.23. The normalized spacial score (nSPS) is 17.5. The minimum atomic E-state index is 1.17. The zero-order chi connectivity index (χ0) is 12.3. The Bertz CT molecular complexity index is 365. The van der Waals surface area contributed by atoms with E-state index in [9.17, 15) is 0 Å². The minimum Gasteiger partial charge on any atom is -0.369 e. The van der Waals surface area contributed by atoms with Crippen molar-refractivity contribution >= 4 is 5.69 Å². The summed E-state index contributed by atoms with van der Waals surface area (Å²) in [5.41, 5.74) is 4.27. The summed E-state index contributed by atoms with van der Waals surface area (Å²) in [5.74, 6) is 0. The lowest BCUT2D eigenvalue weighted by atomic mass is 10.1. The second-order valence-electron chi connectivity index (χ2n) is 5.05. The number of rotatable bonds is 3. The van der Waals surface area contributed by atoms with Gasteiger partial charge in [-0.2, -0.15) is 0 Å². The highest BCUT2D eigenvalue weighted by Gasteiger charge is 2.17. The third-order valence-corrected chi connectivity index (χ3v) is 3.83. The first-order valence-corrected chi connectivity index (χ1v) is 6.76. The molecule has 0 saturated carbocycles. The van der Waals surface area contributed by atoms with Crippen LogP contribution in [0.15, 0.2) is 18.2 Å². The zero-order valence-corrected chi connectivity index (χ0v) is 11.4. The highest BCUT2D eigenvalue weighted by molar-refractivity contribution is 5.56. The van der Waals surface area contributed by atoms with Crippen molar-refractivity contribution < 1.29 is 0 Å². The smallest absolute Gasteiger partial charge is 0.0399 e. The highest BCUT2D eigenvalue weighted by atomic mass is 15.3. The number of hydrogen-bond acceptors (Lipinski definition) is 2. The van der Waals surface area contributed by atoms with E-state index in [1.807, 2.05) is 0 Å². The standard InChI is InChI=1S/C15H24N2/c1-4-8-16-9-11-17(12-10-16)15-7-5-6-13(2)14(15)3/h5-7H,4,8-12H2,1-3H3. The first kappa shape index (κ1) is 12.4. The Balaban J connectivity index is 2.03. The monoisotopic (exact) mass is 232 g/mol. The molecule has 0 aliphatic carbocycles. The molecular formula is C15H24N2. The summed E-state index contributed by atoms with van der Waals surface area (Å²) in [6.07, 6.45) is 1.27. The van der Waals surface area contributed by atoms with E-state index < -0.39 is 0 Å². The van der Waals surface area contributed by atoms with Crippen LogP contribution in [0.4, 0.5) is 5.69 Å². The predicted molar refractivity (Wildman–Crippen MR) is 74.9 cm³/mol. The Morgan fingerprint density at radius 2 is 1.76 bits per heavy atom. The molecule has 2 nitrogen and oxygen atoms in total. The molecule has 1 aromatic carbocycles. The van der Waals surface area contributed by atoms with Gasteiger partial charge in [-0.25, -0.2) is 0 Å². The van der Waals surface area contributed by atoms with Crippen LogP contribution >= 0.6 is 0 Å². The van der Waals surface area contributed by atoms with Gasteiger partial charge in [0.1, 0.15) is 0 Å². The molecule has 0 unspecified atom stereocenters. The van der Waals surface area contributed by atoms with Gasteiger partial charge in [0, 0.05) is 31.9 Å². The lowest BCUT2D eigenvalue weighted by Crippen LogP contribution is -2.46. The van der Waals surface area contributed by atoms with Gasteiger partial charge in [-0.3, -0.25) is 4.90 Å². The van der Waals surface area contributed by atoms with Crippen molar-refractivity contribution in [3.8, 4) is 0 Å². The summed E-state index contributed by atoms with van der Waals surface area (Å²) < 4.78 is 0. The Morgan fingerprint density at radius 1 is 1.06 bits per heavy atom. The third-order valence-electron chi connectivity index (χ3n) is 3.83. The van der Waals surface area contributed by atoms with Crippen molar-refractivity contribution in [2.24, 2.45) is 0 Å². The van der Waals surface area contributed by atoms with E-state index in [1.54, 1.807) is 0 Å². The quantitative estimate of drug-likeness (QED) is 0.790. The van der Waals surface area contributed by atoms with Gasteiger partial charge in [0.05, 0.1) is 0 Å². The summed E-state index contributed by atoms with van der Waals surface area (Å²) in [4.78, 5) is 5.11. The van der Waals surface area contributed by atoms with Crippen LogP contribution in [0.5, 0.6) is 0 Å². The zero-order valence-electron chi connectivity index (χ0n) is 11.4. The molecule has 2 heteroatoms. The van der Waals surface area contributed by atoms with Crippen LogP contribution in [0.1, 0.15) is 24.5 Å². The van der Waals surface area contributed by atoms with Gasteiger partial charge in [-0.05, 0) is 44.0 Å². The van der Waals surface area contributed by atoms with Gasteiger partial charge in [-0.15, -0.1) is 0 Å². The molecule has 1 aliphatic heterocycles.